The van der Waals surface area contributed by atoms with E-state index in [1.54, 1.807) is 12.1 Å². The highest BCUT2D eigenvalue weighted by Crippen LogP contribution is 2.15. The minimum atomic E-state index is -4.38. The molecule has 0 fully saturated rings. The van der Waals surface area contributed by atoms with Gasteiger partial charge < -0.3 is 15.6 Å². The third-order valence-corrected chi connectivity index (χ3v) is 1.96. The van der Waals surface area contributed by atoms with Crippen molar-refractivity contribution < 1.29 is 23.0 Å². The van der Waals surface area contributed by atoms with Crippen LogP contribution in [0.4, 0.5) is 19.0 Å². The van der Waals surface area contributed by atoms with E-state index in [-0.39, 0.29) is 12.2 Å². The highest BCUT2D eigenvalue weighted by molar-refractivity contribution is 5.38. The Morgan fingerprint density at radius 1 is 1.47 bits per heavy atom. The number of ether oxygens (including phenoxy) is 1. The van der Waals surface area contributed by atoms with Gasteiger partial charge in [0.1, 0.15) is 12.4 Å². The smallest absolute Gasteiger partial charge is 0.390 e. The average molecular weight is 250 g/mol. The second kappa shape index (κ2) is 5.83. The van der Waals surface area contributed by atoms with Crippen LogP contribution < -0.4 is 5.73 Å². The molecule has 0 radical (unpaired) electrons. The number of rotatable bonds is 5. The number of nitrogens with two attached hydrogens (primary N) is 1. The van der Waals surface area contributed by atoms with E-state index in [2.05, 4.69) is 9.72 Å². The van der Waals surface area contributed by atoms with Gasteiger partial charge in [-0.05, 0) is 11.6 Å². The molecule has 0 aliphatic heterocycles. The van der Waals surface area contributed by atoms with Gasteiger partial charge in [-0.25, -0.2) is 4.98 Å². The summed E-state index contributed by atoms with van der Waals surface area (Å²) in [6, 6.07) is 3.28. The van der Waals surface area contributed by atoms with Crippen LogP contribution in [0.25, 0.3) is 0 Å². The van der Waals surface area contributed by atoms with Gasteiger partial charge in [0, 0.05) is 12.6 Å². The van der Waals surface area contributed by atoms with Crippen LogP contribution in [0, 0.1) is 0 Å². The van der Waals surface area contributed by atoms with E-state index < -0.39 is 25.5 Å². The number of nitrogens with zero attached hydrogens (tertiary/aromatic N) is 1. The first-order valence-electron chi connectivity index (χ1n) is 4.90. The van der Waals surface area contributed by atoms with Gasteiger partial charge in [-0.2, -0.15) is 13.2 Å². The molecule has 0 aromatic carbocycles. The number of aromatic nitrogens is 1. The Hall–Kier alpha value is -1.34. The fourth-order valence-electron chi connectivity index (χ4n) is 1.25. The van der Waals surface area contributed by atoms with E-state index in [1.807, 2.05) is 0 Å². The zero-order chi connectivity index (χ0) is 12.9. The summed E-state index contributed by atoms with van der Waals surface area (Å²) < 4.78 is 39.6. The Bertz CT molecular complexity index is 358. The molecule has 0 bridgehead atoms. The molecule has 0 saturated heterocycles. The predicted octanol–water partition coefficient (Wildman–Crippen LogP) is 1.15. The number of pyridine rings is 1. The van der Waals surface area contributed by atoms with Crippen LogP contribution >= 0.6 is 0 Å². The Labute approximate surface area is 96.2 Å². The molecule has 17 heavy (non-hydrogen) atoms. The van der Waals surface area contributed by atoms with Gasteiger partial charge in [0.15, 0.2) is 0 Å². The zero-order valence-electron chi connectivity index (χ0n) is 8.94. The molecule has 1 unspecified atom stereocenters. The molecule has 1 aromatic heterocycles. The molecule has 7 heteroatoms. The number of hydrogen-bond donors (Lipinski definition) is 2. The second-order valence-electron chi connectivity index (χ2n) is 3.54. The summed E-state index contributed by atoms with van der Waals surface area (Å²) in [6.45, 7) is -1.76. The lowest BCUT2D eigenvalue weighted by Gasteiger charge is -2.13. The molecule has 0 aliphatic rings. The van der Waals surface area contributed by atoms with Crippen molar-refractivity contribution in [3.05, 3.63) is 23.9 Å². The van der Waals surface area contributed by atoms with Crippen LogP contribution in [0.2, 0.25) is 0 Å². The molecule has 1 rings (SSSR count). The first-order valence-corrected chi connectivity index (χ1v) is 4.90. The van der Waals surface area contributed by atoms with Crippen molar-refractivity contribution >= 4 is 5.82 Å². The molecule has 0 aliphatic carbocycles. The largest absolute Gasteiger partial charge is 0.411 e. The third kappa shape index (κ3) is 5.50. The van der Waals surface area contributed by atoms with Crippen LogP contribution in [-0.4, -0.2) is 35.6 Å². The Morgan fingerprint density at radius 3 is 2.76 bits per heavy atom. The standard InChI is InChI=1S/C10H13F3N2O2/c11-10(12,13)6-17-5-8(16)4-7-2-1-3-15-9(7)14/h1-3,8,16H,4-6H2,(H2,14,15). The first-order chi connectivity index (χ1) is 7.88. The Kier molecular flexibility index (Phi) is 4.71. The fraction of sp³-hybridized carbons (Fsp3) is 0.500. The molecule has 0 amide bonds. The number of halogens is 3. The summed E-state index contributed by atoms with van der Waals surface area (Å²) in [5, 5.41) is 9.45. The molecule has 1 aromatic rings. The second-order valence-corrected chi connectivity index (χ2v) is 3.54. The number of aliphatic hydroxyl groups excluding tert-OH is 1. The third-order valence-electron chi connectivity index (χ3n) is 1.96. The van der Waals surface area contributed by atoms with E-state index in [9.17, 15) is 18.3 Å². The van der Waals surface area contributed by atoms with Crippen LogP contribution in [0.3, 0.4) is 0 Å². The number of hydrogen-bond acceptors (Lipinski definition) is 4. The molecular formula is C10H13F3N2O2. The van der Waals surface area contributed by atoms with Gasteiger partial charge in [0.2, 0.25) is 0 Å². The van der Waals surface area contributed by atoms with E-state index in [4.69, 9.17) is 5.73 Å². The molecular weight excluding hydrogens is 237 g/mol. The Balaban J connectivity index is 2.35. The molecule has 1 heterocycles. The summed E-state index contributed by atoms with van der Waals surface area (Å²) in [5.74, 6) is 0.252. The monoisotopic (exact) mass is 250 g/mol. The van der Waals surface area contributed by atoms with Crippen LogP contribution in [-0.2, 0) is 11.2 Å². The van der Waals surface area contributed by atoms with Crippen molar-refractivity contribution in [3.8, 4) is 0 Å². The van der Waals surface area contributed by atoms with Gasteiger partial charge in [-0.3, -0.25) is 0 Å². The van der Waals surface area contributed by atoms with Crippen LogP contribution in [0.1, 0.15) is 5.56 Å². The van der Waals surface area contributed by atoms with Crippen molar-refractivity contribution in [2.24, 2.45) is 0 Å². The zero-order valence-corrected chi connectivity index (χ0v) is 8.94. The fourth-order valence-corrected chi connectivity index (χ4v) is 1.25. The number of anilines is 1. The molecule has 4 nitrogen and oxygen atoms in total. The van der Waals surface area contributed by atoms with Crippen molar-refractivity contribution in [1.82, 2.24) is 4.98 Å². The predicted molar refractivity (Wildman–Crippen MR) is 55.2 cm³/mol. The quantitative estimate of drug-likeness (QED) is 0.822. The SMILES string of the molecule is Nc1ncccc1CC(O)COCC(F)(F)F. The summed E-state index contributed by atoms with van der Waals surface area (Å²) in [5.41, 5.74) is 6.10. The van der Waals surface area contributed by atoms with E-state index in [0.717, 1.165) is 0 Å². The van der Waals surface area contributed by atoms with Crippen LogP contribution in [0.5, 0.6) is 0 Å². The van der Waals surface area contributed by atoms with Gasteiger partial charge >= 0.3 is 6.18 Å². The summed E-state index contributed by atoms with van der Waals surface area (Å²) in [7, 11) is 0. The topological polar surface area (TPSA) is 68.4 Å². The van der Waals surface area contributed by atoms with Crippen molar-refractivity contribution in [1.29, 1.82) is 0 Å². The maximum absolute atomic E-state index is 11.8. The maximum atomic E-state index is 11.8. The molecule has 96 valence electrons. The van der Waals surface area contributed by atoms with Gasteiger partial charge in [0.05, 0.1) is 12.7 Å². The van der Waals surface area contributed by atoms with Crippen molar-refractivity contribution in [2.75, 3.05) is 18.9 Å². The van der Waals surface area contributed by atoms with Crippen LogP contribution in [0.15, 0.2) is 18.3 Å². The molecule has 0 spiro atoms. The summed E-state index contributed by atoms with van der Waals surface area (Å²) in [6.07, 6.45) is -3.82. The van der Waals surface area contributed by atoms with E-state index in [1.165, 1.54) is 6.20 Å². The molecule has 3 N–H and O–H groups in total. The highest BCUT2D eigenvalue weighted by atomic mass is 19.4. The average Bonchev–Trinajstić information content (AvgIpc) is 2.19. The minimum absolute atomic E-state index is 0.109. The van der Waals surface area contributed by atoms with Gasteiger partial charge in [0.25, 0.3) is 0 Å². The normalized spacial score (nSPS) is 13.6. The first kappa shape index (κ1) is 13.7. The van der Waals surface area contributed by atoms with E-state index >= 15 is 0 Å². The van der Waals surface area contributed by atoms with Gasteiger partial charge in [-0.1, -0.05) is 6.07 Å². The van der Waals surface area contributed by atoms with Crippen molar-refractivity contribution in [2.45, 2.75) is 18.7 Å². The summed E-state index contributed by atoms with van der Waals surface area (Å²) >= 11 is 0. The molecule has 0 saturated carbocycles. The Morgan fingerprint density at radius 2 is 2.18 bits per heavy atom. The molecule has 1 atom stereocenters. The number of alkyl halides is 3. The summed E-state index contributed by atoms with van der Waals surface area (Å²) in [4.78, 5) is 3.80. The lowest BCUT2D eigenvalue weighted by molar-refractivity contribution is -0.179. The number of aliphatic hydroxyl groups is 1. The lowest BCUT2D eigenvalue weighted by Crippen LogP contribution is -2.24. The van der Waals surface area contributed by atoms with Gasteiger partial charge in [-0.15, -0.1) is 0 Å². The maximum Gasteiger partial charge on any atom is 0.411 e. The lowest BCUT2D eigenvalue weighted by atomic mass is 10.1. The minimum Gasteiger partial charge on any atom is -0.390 e. The number of nitrogen functional groups attached to an aromatic ring is 1. The van der Waals surface area contributed by atoms with Crippen molar-refractivity contribution in [3.63, 3.8) is 0 Å². The van der Waals surface area contributed by atoms with E-state index in [0.29, 0.717) is 5.56 Å². The highest BCUT2D eigenvalue weighted by Gasteiger charge is 2.27.